The lowest BCUT2D eigenvalue weighted by atomic mass is 10.1. The summed E-state index contributed by atoms with van der Waals surface area (Å²) in [4.78, 5) is 11.6. The largest absolute Gasteiger partial charge is 0.320 e. The van der Waals surface area contributed by atoms with Gasteiger partial charge in [0.1, 0.15) is 0 Å². The molecule has 2 aromatic rings. The van der Waals surface area contributed by atoms with E-state index >= 15 is 0 Å². The molecule has 0 saturated carbocycles. The van der Waals surface area contributed by atoms with E-state index in [1.807, 2.05) is 12.1 Å². The first-order valence-corrected chi connectivity index (χ1v) is 5.57. The molecule has 3 rings (SSSR count). The van der Waals surface area contributed by atoms with Crippen molar-refractivity contribution in [3.05, 3.63) is 39.3 Å². The molecule has 0 radical (unpaired) electrons. The molecule has 0 fully saturated rings. The van der Waals surface area contributed by atoms with Crippen molar-refractivity contribution < 1.29 is 4.79 Å². The molecule has 1 heterocycles. The Bertz CT molecular complexity index is 609. The fourth-order valence-corrected chi connectivity index (χ4v) is 2.82. The van der Waals surface area contributed by atoms with Gasteiger partial charge in [-0.1, -0.05) is 23.7 Å². The lowest BCUT2D eigenvalue weighted by Crippen LogP contribution is -2.04. The van der Waals surface area contributed by atoms with Crippen LogP contribution in [0.3, 0.4) is 0 Å². The van der Waals surface area contributed by atoms with Crippen LogP contribution in [0.15, 0.2) is 28.7 Å². The van der Waals surface area contributed by atoms with Crippen molar-refractivity contribution >= 4 is 49.9 Å². The molecule has 2 aromatic carbocycles. The molecule has 0 bridgehead atoms. The fourth-order valence-electron chi connectivity index (χ4n) is 1.89. The Morgan fingerprint density at radius 2 is 2.13 bits per heavy atom. The number of anilines is 1. The minimum absolute atomic E-state index is 0.0708. The van der Waals surface area contributed by atoms with Crippen LogP contribution in [0.25, 0.3) is 10.8 Å². The maximum absolute atomic E-state index is 11.6. The topological polar surface area (TPSA) is 29.1 Å². The number of amides is 1. The standard InChI is InChI=1S/C11H5BrClNO/c12-7-4-8(13)5-2-1-3-6-9(5)10(7)14-11(6)15/h1-4H,(H,14,15). The summed E-state index contributed by atoms with van der Waals surface area (Å²) in [7, 11) is 0. The number of hydrogen-bond acceptors (Lipinski definition) is 1. The third-order valence-electron chi connectivity index (χ3n) is 2.55. The number of carbonyl (C=O) groups is 1. The lowest BCUT2D eigenvalue weighted by molar-refractivity contribution is 0.103. The predicted molar refractivity (Wildman–Crippen MR) is 64.6 cm³/mol. The summed E-state index contributed by atoms with van der Waals surface area (Å²) in [6.45, 7) is 0. The Morgan fingerprint density at radius 1 is 1.33 bits per heavy atom. The molecule has 74 valence electrons. The van der Waals surface area contributed by atoms with E-state index in [-0.39, 0.29) is 5.91 Å². The van der Waals surface area contributed by atoms with Gasteiger partial charge >= 0.3 is 0 Å². The Hall–Kier alpha value is -1.06. The molecule has 0 aromatic heterocycles. The van der Waals surface area contributed by atoms with E-state index in [0.29, 0.717) is 10.6 Å². The summed E-state index contributed by atoms with van der Waals surface area (Å²) in [6, 6.07) is 7.36. The molecule has 1 aliphatic heterocycles. The summed E-state index contributed by atoms with van der Waals surface area (Å²) < 4.78 is 0.818. The molecule has 1 amide bonds. The van der Waals surface area contributed by atoms with Gasteiger partial charge in [-0.25, -0.2) is 0 Å². The maximum Gasteiger partial charge on any atom is 0.256 e. The summed E-state index contributed by atoms with van der Waals surface area (Å²) in [5.41, 5.74) is 1.50. The molecule has 4 heteroatoms. The number of benzene rings is 2. The van der Waals surface area contributed by atoms with E-state index in [0.717, 1.165) is 20.9 Å². The number of rotatable bonds is 0. The fraction of sp³-hybridized carbons (Fsp3) is 0. The minimum Gasteiger partial charge on any atom is -0.320 e. The van der Waals surface area contributed by atoms with E-state index in [1.165, 1.54) is 0 Å². The predicted octanol–water partition coefficient (Wildman–Crippen LogP) is 3.82. The summed E-state index contributed by atoms with van der Waals surface area (Å²) in [5, 5.41) is 5.29. The highest BCUT2D eigenvalue weighted by Gasteiger charge is 2.24. The molecule has 1 N–H and O–H groups in total. The van der Waals surface area contributed by atoms with Gasteiger partial charge in [0.15, 0.2) is 0 Å². The maximum atomic E-state index is 11.6. The smallest absolute Gasteiger partial charge is 0.256 e. The molecule has 1 aliphatic rings. The van der Waals surface area contributed by atoms with Crippen LogP contribution in [0.4, 0.5) is 5.69 Å². The zero-order valence-corrected chi connectivity index (χ0v) is 9.82. The van der Waals surface area contributed by atoms with Crippen LogP contribution in [-0.2, 0) is 0 Å². The van der Waals surface area contributed by atoms with Crippen LogP contribution in [0.5, 0.6) is 0 Å². The number of carbonyl (C=O) groups excluding carboxylic acids is 1. The molecule has 2 nitrogen and oxygen atoms in total. The first-order valence-electron chi connectivity index (χ1n) is 4.40. The van der Waals surface area contributed by atoms with Crippen molar-refractivity contribution in [1.82, 2.24) is 0 Å². The minimum atomic E-state index is -0.0708. The van der Waals surface area contributed by atoms with Gasteiger partial charge in [-0.2, -0.15) is 0 Å². The van der Waals surface area contributed by atoms with Gasteiger partial charge in [-0.05, 0) is 28.1 Å². The van der Waals surface area contributed by atoms with E-state index in [2.05, 4.69) is 21.2 Å². The van der Waals surface area contributed by atoms with Crippen LogP contribution < -0.4 is 5.32 Å². The third-order valence-corrected chi connectivity index (χ3v) is 3.49. The van der Waals surface area contributed by atoms with E-state index in [4.69, 9.17) is 11.6 Å². The van der Waals surface area contributed by atoms with Crippen LogP contribution >= 0.6 is 27.5 Å². The Balaban J connectivity index is 2.60. The van der Waals surface area contributed by atoms with Gasteiger partial charge in [0, 0.05) is 25.8 Å². The second-order valence-electron chi connectivity index (χ2n) is 3.40. The number of nitrogens with one attached hydrogen (secondary N) is 1. The van der Waals surface area contributed by atoms with Crippen LogP contribution in [-0.4, -0.2) is 5.91 Å². The van der Waals surface area contributed by atoms with Crippen LogP contribution in [0.1, 0.15) is 10.4 Å². The van der Waals surface area contributed by atoms with E-state index in [9.17, 15) is 4.79 Å². The monoisotopic (exact) mass is 281 g/mol. The molecule has 0 unspecified atom stereocenters. The molecule has 0 aliphatic carbocycles. The molecule has 15 heavy (non-hydrogen) atoms. The van der Waals surface area contributed by atoms with Gasteiger partial charge in [0.05, 0.1) is 5.69 Å². The van der Waals surface area contributed by atoms with Crippen molar-refractivity contribution in [1.29, 1.82) is 0 Å². The molecule has 0 atom stereocenters. The number of halogens is 2. The first-order chi connectivity index (χ1) is 7.18. The average Bonchev–Trinajstić information content (AvgIpc) is 2.55. The normalized spacial score (nSPS) is 13.3. The molecule has 0 spiro atoms. The highest BCUT2D eigenvalue weighted by Crippen LogP contribution is 2.41. The lowest BCUT2D eigenvalue weighted by Gasteiger charge is -2.04. The number of hydrogen-bond donors (Lipinski definition) is 1. The van der Waals surface area contributed by atoms with Crippen molar-refractivity contribution in [2.45, 2.75) is 0 Å². The summed E-state index contributed by atoms with van der Waals surface area (Å²) in [6.07, 6.45) is 0. The quantitative estimate of drug-likeness (QED) is 0.782. The Labute approximate surface area is 99.4 Å². The Kier molecular flexibility index (Phi) is 1.82. The SMILES string of the molecule is O=C1Nc2c(Br)cc(Cl)c3cccc1c23. The second kappa shape index (κ2) is 2.97. The van der Waals surface area contributed by atoms with E-state index < -0.39 is 0 Å². The molecular weight excluding hydrogens is 277 g/mol. The summed E-state index contributed by atoms with van der Waals surface area (Å²) in [5.74, 6) is -0.0708. The van der Waals surface area contributed by atoms with Gasteiger partial charge in [0.2, 0.25) is 0 Å². The van der Waals surface area contributed by atoms with Crippen molar-refractivity contribution in [2.75, 3.05) is 5.32 Å². The zero-order valence-electron chi connectivity index (χ0n) is 7.47. The van der Waals surface area contributed by atoms with Gasteiger partial charge in [0.25, 0.3) is 5.91 Å². The summed E-state index contributed by atoms with van der Waals surface area (Å²) >= 11 is 9.50. The highest BCUT2D eigenvalue weighted by atomic mass is 79.9. The van der Waals surface area contributed by atoms with Crippen molar-refractivity contribution in [3.8, 4) is 0 Å². The Morgan fingerprint density at radius 3 is 2.93 bits per heavy atom. The van der Waals surface area contributed by atoms with Crippen LogP contribution in [0, 0.1) is 0 Å². The van der Waals surface area contributed by atoms with E-state index in [1.54, 1.807) is 12.1 Å². The second-order valence-corrected chi connectivity index (χ2v) is 4.66. The third kappa shape index (κ3) is 1.13. The average molecular weight is 283 g/mol. The van der Waals surface area contributed by atoms with Gasteiger partial charge in [-0.3, -0.25) is 4.79 Å². The molecule has 0 saturated heterocycles. The highest BCUT2D eigenvalue weighted by molar-refractivity contribution is 9.10. The zero-order chi connectivity index (χ0) is 10.6. The molecular formula is C11H5BrClNO. The first kappa shape index (κ1) is 9.19. The van der Waals surface area contributed by atoms with Crippen molar-refractivity contribution in [2.24, 2.45) is 0 Å². The van der Waals surface area contributed by atoms with Gasteiger partial charge in [-0.15, -0.1) is 0 Å². The van der Waals surface area contributed by atoms with Crippen LogP contribution in [0.2, 0.25) is 5.02 Å². The van der Waals surface area contributed by atoms with Gasteiger partial charge < -0.3 is 5.32 Å². The van der Waals surface area contributed by atoms with Crippen molar-refractivity contribution in [3.63, 3.8) is 0 Å².